The standard InChI is InChI=1S/C42H26N4O2/c1-2-11-25(12-3-1)40-44-41(46-42(45-40)31-18-10-20-36-39(31)30-17-8-9-19-34(30)47-36)29-16-7-5-14-27(29)32-23-37-38(28-15-6-4-13-26(28)32)33-24-43-22-21-35(33)48-37/h1-24,33,35H. The SMILES string of the molecule is C1=CC2Oc3cc(-c4ccccc4-c4nc(-c5ccccc5)nc(-c5cccc6oc7ccccc7c56)n4)c4ccccc4c3C2C=N1. The molecule has 48 heavy (non-hydrogen) atoms. The molecule has 2 aliphatic heterocycles. The Morgan fingerprint density at radius 3 is 2.06 bits per heavy atom. The van der Waals surface area contributed by atoms with Gasteiger partial charge < -0.3 is 9.15 Å². The lowest BCUT2D eigenvalue weighted by Gasteiger charge is -2.16. The van der Waals surface area contributed by atoms with Gasteiger partial charge in [-0.25, -0.2) is 15.0 Å². The van der Waals surface area contributed by atoms with Crippen molar-refractivity contribution in [2.24, 2.45) is 4.99 Å². The summed E-state index contributed by atoms with van der Waals surface area (Å²) >= 11 is 0. The molecule has 0 aliphatic carbocycles. The maximum absolute atomic E-state index is 6.52. The molecule has 0 N–H and O–H groups in total. The van der Waals surface area contributed by atoms with E-state index in [0.29, 0.717) is 17.5 Å². The Labute approximate surface area is 275 Å². The molecule has 0 amide bonds. The fraction of sp³-hybridized carbons (Fsp3) is 0.0476. The van der Waals surface area contributed by atoms with Crippen molar-refractivity contribution in [1.82, 2.24) is 15.0 Å². The maximum atomic E-state index is 6.52. The van der Waals surface area contributed by atoms with Gasteiger partial charge in [0.05, 0.1) is 5.92 Å². The van der Waals surface area contributed by atoms with E-state index in [1.165, 1.54) is 5.56 Å². The van der Waals surface area contributed by atoms with Crippen molar-refractivity contribution in [2.45, 2.75) is 12.0 Å². The van der Waals surface area contributed by atoms with Gasteiger partial charge in [-0.05, 0) is 46.2 Å². The zero-order valence-corrected chi connectivity index (χ0v) is 25.6. The van der Waals surface area contributed by atoms with Crippen molar-refractivity contribution in [3.05, 3.63) is 145 Å². The Bertz CT molecular complexity index is 2620. The topological polar surface area (TPSA) is 73.4 Å². The first-order valence-corrected chi connectivity index (χ1v) is 16.0. The summed E-state index contributed by atoms with van der Waals surface area (Å²) in [6.07, 6.45) is 5.79. The number of rotatable bonds is 4. The summed E-state index contributed by atoms with van der Waals surface area (Å²) < 4.78 is 12.8. The molecule has 0 spiro atoms. The summed E-state index contributed by atoms with van der Waals surface area (Å²) in [5, 5.41) is 4.31. The summed E-state index contributed by atoms with van der Waals surface area (Å²) in [5.74, 6) is 2.75. The van der Waals surface area contributed by atoms with Crippen LogP contribution in [0.2, 0.25) is 0 Å². The number of nitrogens with zero attached hydrogens (tertiary/aromatic N) is 4. The monoisotopic (exact) mass is 618 g/mol. The molecule has 0 bridgehead atoms. The second-order valence-corrected chi connectivity index (χ2v) is 12.1. The van der Waals surface area contributed by atoms with E-state index in [0.717, 1.165) is 66.3 Å². The molecule has 10 rings (SSSR count). The molecule has 6 nitrogen and oxygen atoms in total. The third kappa shape index (κ3) is 4.12. The van der Waals surface area contributed by atoms with Gasteiger partial charge in [-0.15, -0.1) is 0 Å². The van der Waals surface area contributed by atoms with Crippen LogP contribution in [-0.2, 0) is 0 Å². The first kappa shape index (κ1) is 26.8. The number of para-hydroxylation sites is 1. The number of hydrogen-bond donors (Lipinski definition) is 0. The van der Waals surface area contributed by atoms with Gasteiger partial charge in [-0.1, -0.05) is 109 Å². The number of furan rings is 1. The Hall–Kier alpha value is -6.40. The number of ether oxygens (including phenoxy) is 1. The van der Waals surface area contributed by atoms with Crippen LogP contribution in [-0.4, -0.2) is 27.3 Å². The van der Waals surface area contributed by atoms with Gasteiger partial charge in [0.25, 0.3) is 0 Å². The molecule has 6 aromatic carbocycles. The molecule has 0 saturated heterocycles. The van der Waals surface area contributed by atoms with Crippen LogP contribution in [0.3, 0.4) is 0 Å². The number of hydrogen-bond acceptors (Lipinski definition) is 6. The number of aliphatic imine (C=N–C) groups is 1. The number of aromatic nitrogens is 3. The van der Waals surface area contributed by atoms with Crippen LogP contribution in [0.1, 0.15) is 11.5 Å². The van der Waals surface area contributed by atoms with E-state index in [2.05, 4.69) is 65.7 Å². The Morgan fingerprint density at radius 2 is 1.19 bits per heavy atom. The molecule has 0 radical (unpaired) electrons. The third-order valence-corrected chi connectivity index (χ3v) is 9.38. The molecule has 0 saturated carbocycles. The molecule has 6 heteroatoms. The Balaban J connectivity index is 1.22. The predicted molar refractivity (Wildman–Crippen MR) is 191 cm³/mol. The Kier molecular flexibility index (Phi) is 5.90. The summed E-state index contributed by atoms with van der Waals surface area (Å²) in [6.45, 7) is 0. The van der Waals surface area contributed by atoms with E-state index in [1.54, 1.807) is 0 Å². The maximum Gasteiger partial charge on any atom is 0.164 e. The van der Waals surface area contributed by atoms with Crippen LogP contribution < -0.4 is 4.74 Å². The highest BCUT2D eigenvalue weighted by Gasteiger charge is 2.35. The Morgan fingerprint density at radius 1 is 0.521 bits per heavy atom. The van der Waals surface area contributed by atoms with E-state index in [4.69, 9.17) is 24.1 Å². The van der Waals surface area contributed by atoms with Crippen LogP contribution in [0.15, 0.2) is 149 Å². The predicted octanol–water partition coefficient (Wildman–Crippen LogP) is 10.0. The summed E-state index contributed by atoms with van der Waals surface area (Å²) in [5.41, 5.74) is 7.59. The average molecular weight is 619 g/mol. The molecule has 2 aliphatic rings. The number of benzene rings is 6. The second kappa shape index (κ2) is 10.6. The van der Waals surface area contributed by atoms with Crippen LogP contribution in [0.25, 0.3) is 78.0 Å². The third-order valence-electron chi connectivity index (χ3n) is 9.38. The minimum absolute atomic E-state index is 0.0624. The highest BCUT2D eigenvalue weighted by atomic mass is 16.5. The van der Waals surface area contributed by atoms with E-state index in [-0.39, 0.29) is 12.0 Å². The van der Waals surface area contributed by atoms with E-state index in [1.807, 2.05) is 85.2 Å². The van der Waals surface area contributed by atoms with Gasteiger partial charge in [-0.3, -0.25) is 4.99 Å². The zero-order valence-electron chi connectivity index (χ0n) is 25.6. The molecular weight excluding hydrogens is 592 g/mol. The van der Waals surface area contributed by atoms with Gasteiger partial charge in [-0.2, -0.15) is 0 Å². The van der Waals surface area contributed by atoms with Crippen LogP contribution in [0.5, 0.6) is 5.75 Å². The van der Waals surface area contributed by atoms with Crippen molar-refractivity contribution in [2.75, 3.05) is 0 Å². The molecule has 8 aromatic rings. The van der Waals surface area contributed by atoms with E-state index < -0.39 is 0 Å². The summed E-state index contributed by atoms with van der Waals surface area (Å²) in [6, 6.07) is 43.3. The molecule has 0 fully saturated rings. The largest absolute Gasteiger partial charge is 0.485 e. The summed E-state index contributed by atoms with van der Waals surface area (Å²) in [4.78, 5) is 19.9. The smallest absolute Gasteiger partial charge is 0.164 e. The molecule has 2 aromatic heterocycles. The van der Waals surface area contributed by atoms with Gasteiger partial charge in [0.15, 0.2) is 17.5 Å². The average Bonchev–Trinajstić information content (AvgIpc) is 3.73. The van der Waals surface area contributed by atoms with Crippen molar-refractivity contribution >= 4 is 38.9 Å². The van der Waals surface area contributed by atoms with Gasteiger partial charge in [0, 0.05) is 45.4 Å². The lowest BCUT2D eigenvalue weighted by molar-refractivity contribution is 0.275. The lowest BCUT2D eigenvalue weighted by Crippen LogP contribution is -2.18. The molecular formula is C42H26N4O2. The van der Waals surface area contributed by atoms with Crippen LogP contribution >= 0.6 is 0 Å². The lowest BCUT2D eigenvalue weighted by atomic mass is 9.87. The van der Waals surface area contributed by atoms with E-state index in [9.17, 15) is 0 Å². The highest BCUT2D eigenvalue weighted by molar-refractivity contribution is 6.12. The van der Waals surface area contributed by atoms with Gasteiger partial charge in [0.1, 0.15) is 23.0 Å². The fourth-order valence-corrected chi connectivity index (χ4v) is 7.22. The normalized spacial score (nSPS) is 16.3. The quantitative estimate of drug-likeness (QED) is 0.196. The second-order valence-electron chi connectivity index (χ2n) is 12.1. The fourth-order valence-electron chi connectivity index (χ4n) is 7.22. The number of fused-ring (bicyclic) bond motifs is 8. The summed E-state index contributed by atoms with van der Waals surface area (Å²) in [7, 11) is 0. The van der Waals surface area contributed by atoms with Crippen molar-refractivity contribution in [3.8, 4) is 51.0 Å². The first-order chi connectivity index (χ1) is 23.8. The van der Waals surface area contributed by atoms with Gasteiger partial charge in [0.2, 0.25) is 0 Å². The molecule has 4 heterocycles. The van der Waals surface area contributed by atoms with Crippen LogP contribution in [0, 0.1) is 0 Å². The highest BCUT2D eigenvalue weighted by Crippen LogP contribution is 2.48. The van der Waals surface area contributed by atoms with Gasteiger partial charge >= 0.3 is 0 Å². The van der Waals surface area contributed by atoms with Crippen molar-refractivity contribution < 1.29 is 9.15 Å². The van der Waals surface area contributed by atoms with Crippen molar-refractivity contribution in [3.63, 3.8) is 0 Å². The zero-order chi connectivity index (χ0) is 31.6. The van der Waals surface area contributed by atoms with E-state index >= 15 is 0 Å². The van der Waals surface area contributed by atoms with Crippen molar-refractivity contribution in [1.29, 1.82) is 0 Å². The molecule has 2 atom stereocenters. The minimum atomic E-state index is -0.0624. The molecule has 226 valence electrons. The molecule has 2 unspecified atom stereocenters. The first-order valence-electron chi connectivity index (χ1n) is 16.0. The minimum Gasteiger partial charge on any atom is -0.485 e. The van der Waals surface area contributed by atoms with Crippen LogP contribution in [0.4, 0.5) is 0 Å².